The Kier molecular flexibility index (Phi) is 4.23. The molecule has 1 aromatic rings. The number of pyridine rings is 1. The molecule has 4 rings (SSSR count). The van der Waals surface area contributed by atoms with Gasteiger partial charge in [0.1, 0.15) is 0 Å². The number of carbonyl (C=O) groups is 1. The number of urea groups is 1. The zero-order valence-corrected chi connectivity index (χ0v) is 13.8. The number of aromatic nitrogens is 1. The molecule has 2 heterocycles. The van der Waals surface area contributed by atoms with Gasteiger partial charge >= 0.3 is 6.03 Å². The van der Waals surface area contributed by atoms with Gasteiger partial charge in [-0.2, -0.15) is 0 Å². The van der Waals surface area contributed by atoms with Crippen LogP contribution in [0.15, 0.2) is 24.5 Å². The van der Waals surface area contributed by atoms with Crippen LogP contribution in [-0.4, -0.2) is 28.5 Å². The minimum Gasteiger partial charge on any atom is -0.335 e. The van der Waals surface area contributed by atoms with Crippen molar-refractivity contribution in [3.05, 3.63) is 30.1 Å². The van der Waals surface area contributed by atoms with E-state index in [1.54, 1.807) is 0 Å². The fourth-order valence-electron chi connectivity index (χ4n) is 4.04. The molecular weight excluding hydrogens is 286 g/mol. The second kappa shape index (κ2) is 6.50. The summed E-state index contributed by atoms with van der Waals surface area (Å²) in [6.45, 7) is 0.876. The molecule has 3 fully saturated rings. The first kappa shape index (κ1) is 15.0. The molecule has 4 heteroatoms. The van der Waals surface area contributed by atoms with Crippen LogP contribution in [0.3, 0.4) is 0 Å². The number of carbonyl (C=O) groups excluding carboxylic acids is 1. The Bertz CT molecular complexity index is 527. The van der Waals surface area contributed by atoms with Crippen LogP contribution in [0.4, 0.5) is 4.79 Å². The molecule has 3 aliphatic rings. The minimum absolute atomic E-state index is 0.164. The van der Waals surface area contributed by atoms with Crippen molar-refractivity contribution in [2.75, 3.05) is 6.54 Å². The lowest BCUT2D eigenvalue weighted by Gasteiger charge is -2.32. The maximum absolute atomic E-state index is 13.0. The number of hydrogen-bond donors (Lipinski definition) is 1. The van der Waals surface area contributed by atoms with Crippen LogP contribution in [0.5, 0.6) is 0 Å². The molecule has 124 valence electrons. The van der Waals surface area contributed by atoms with Gasteiger partial charge < -0.3 is 10.2 Å². The molecular formula is C19H27N3O. The highest BCUT2D eigenvalue weighted by Crippen LogP contribution is 2.44. The van der Waals surface area contributed by atoms with E-state index in [0.717, 1.165) is 31.2 Å². The van der Waals surface area contributed by atoms with Gasteiger partial charge in [0.25, 0.3) is 0 Å². The summed E-state index contributed by atoms with van der Waals surface area (Å²) in [5, 5.41) is 3.41. The van der Waals surface area contributed by atoms with Crippen LogP contribution in [0.1, 0.15) is 63.0 Å². The highest BCUT2D eigenvalue weighted by atomic mass is 16.2. The zero-order chi connectivity index (χ0) is 15.6. The van der Waals surface area contributed by atoms with Crippen molar-refractivity contribution in [2.24, 2.45) is 11.8 Å². The van der Waals surface area contributed by atoms with Gasteiger partial charge in [0, 0.05) is 25.0 Å². The van der Waals surface area contributed by atoms with Crippen molar-refractivity contribution < 1.29 is 4.79 Å². The number of nitrogens with zero attached hydrogens (tertiary/aromatic N) is 2. The Labute approximate surface area is 138 Å². The molecule has 2 saturated carbocycles. The SMILES string of the molecule is O=C(NC(C1CC1)C1CC1)N1CCCCCC1c1ccncc1. The number of hydrogen-bond acceptors (Lipinski definition) is 2. The van der Waals surface area contributed by atoms with Crippen LogP contribution in [0, 0.1) is 11.8 Å². The summed E-state index contributed by atoms with van der Waals surface area (Å²) < 4.78 is 0. The van der Waals surface area contributed by atoms with Gasteiger partial charge in [0.15, 0.2) is 0 Å². The summed E-state index contributed by atoms with van der Waals surface area (Å²) in [6, 6.07) is 4.94. The monoisotopic (exact) mass is 313 g/mol. The largest absolute Gasteiger partial charge is 0.335 e. The maximum atomic E-state index is 13.0. The maximum Gasteiger partial charge on any atom is 0.318 e. The predicted octanol–water partition coefficient (Wildman–Crippen LogP) is 3.90. The van der Waals surface area contributed by atoms with E-state index in [1.807, 2.05) is 12.4 Å². The van der Waals surface area contributed by atoms with Gasteiger partial charge in [0.2, 0.25) is 0 Å². The Hall–Kier alpha value is -1.58. The number of rotatable bonds is 4. The van der Waals surface area contributed by atoms with Gasteiger partial charge in [-0.1, -0.05) is 12.8 Å². The van der Waals surface area contributed by atoms with Crippen molar-refractivity contribution in [3.8, 4) is 0 Å². The van der Waals surface area contributed by atoms with E-state index < -0.39 is 0 Å². The topological polar surface area (TPSA) is 45.2 Å². The minimum atomic E-state index is 0.164. The van der Waals surface area contributed by atoms with Gasteiger partial charge in [0.05, 0.1) is 6.04 Å². The predicted molar refractivity (Wildman–Crippen MR) is 89.9 cm³/mol. The summed E-state index contributed by atoms with van der Waals surface area (Å²) in [4.78, 5) is 19.2. The second-order valence-electron chi connectivity index (χ2n) is 7.49. The first-order valence-electron chi connectivity index (χ1n) is 9.30. The number of nitrogens with one attached hydrogen (secondary N) is 1. The summed E-state index contributed by atoms with van der Waals surface area (Å²) in [6.07, 6.45) is 13.5. The normalized spacial score (nSPS) is 25.3. The fraction of sp³-hybridized carbons (Fsp3) is 0.684. The van der Waals surface area contributed by atoms with E-state index in [-0.39, 0.29) is 12.1 Å². The third-order valence-electron chi connectivity index (χ3n) is 5.65. The molecule has 2 aliphatic carbocycles. The first-order valence-corrected chi connectivity index (χ1v) is 9.30. The van der Waals surface area contributed by atoms with Crippen LogP contribution >= 0.6 is 0 Å². The molecule has 2 amide bonds. The van der Waals surface area contributed by atoms with E-state index in [9.17, 15) is 4.79 Å². The Morgan fingerprint density at radius 3 is 2.39 bits per heavy atom. The molecule has 0 spiro atoms. The average molecular weight is 313 g/mol. The highest BCUT2D eigenvalue weighted by molar-refractivity contribution is 5.75. The molecule has 1 atom stereocenters. The molecule has 1 saturated heterocycles. The number of amides is 2. The van der Waals surface area contributed by atoms with Crippen molar-refractivity contribution in [2.45, 2.75) is 63.5 Å². The van der Waals surface area contributed by atoms with Crippen LogP contribution in [0.2, 0.25) is 0 Å². The molecule has 0 aromatic carbocycles. The van der Waals surface area contributed by atoms with Gasteiger partial charge in [-0.3, -0.25) is 4.98 Å². The third-order valence-corrected chi connectivity index (χ3v) is 5.65. The zero-order valence-electron chi connectivity index (χ0n) is 13.8. The molecule has 1 unspecified atom stereocenters. The standard InChI is InChI=1S/C19H27N3O/c23-19(21-18(15-5-6-15)16-7-8-16)22-13-3-1-2-4-17(22)14-9-11-20-12-10-14/h9-12,15-18H,1-8,13H2,(H,21,23). The molecule has 1 aliphatic heterocycles. The quantitative estimate of drug-likeness (QED) is 0.916. The van der Waals surface area contributed by atoms with Gasteiger partial charge in [-0.25, -0.2) is 4.79 Å². The van der Waals surface area contributed by atoms with Crippen molar-refractivity contribution in [3.63, 3.8) is 0 Å². The van der Waals surface area contributed by atoms with Gasteiger partial charge in [-0.15, -0.1) is 0 Å². The average Bonchev–Trinajstić information content (AvgIpc) is 3.46. The second-order valence-corrected chi connectivity index (χ2v) is 7.49. The lowest BCUT2D eigenvalue weighted by molar-refractivity contribution is 0.169. The molecule has 1 aromatic heterocycles. The summed E-state index contributed by atoms with van der Waals surface area (Å²) in [5.41, 5.74) is 1.23. The molecule has 0 radical (unpaired) electrons. The lowest BCUT2D eigenvalue weighted by atomic mass is 10.0. The molecule has 0 bridgehead atoms. The van der Waals surface area contributed by atoms with E-state index in [2.05, 4.69) is 27.3 Å². The van der Waals surface area contributed by atoms with E-state index in [1.165, 1.54) is 44.1 Å². The van der Waals surface area contributed by atoms with Crippen molar-refractivity contribution >= 4 is 6.03 Å². The fourth-order valence-corrected chi connectivity index (χ4v) is 4.04. The van der Waals surface area contributed by atoms with Crippen LogP contribution in [-0.2, 0) is 0 Å². The van der Waals surface area contributed by atoms with E-state index >= 15 is 0 Å². The van der Waals surface area contributed by atoms with Crippen LogP contribution < -0.4 is 5.32 Å². The third kappa shape index (κ3) is 3.51. The van der Waals surface area contributed by atoms with E-state index in [0.29, 0.717) is 6.04 Å². The molecule has 4 nitrogen and oxygen atoms in total. The summed E-state index contributed by atoms with van der Waals surface area (Å²) in [5.74, 6) is 1.50. The summed E-state index contributed by atoms with van der Waals surface area (Å²) in [7, 11) is 0. The smallest absolute Gasteiger partial charge is 0.318 e. The summed E-state index contributed by atoms with van der Waals surface area (Å²) >= 11 is 0. The Morgan fingerprint density at radius 1 is 1.04 bits per heavy atom. The Balaban J connectivity index is 1.49. The van der Waals surface area contributed by atoms with Gasteiger partial charge in [-0.05, 0) is 68.1 Å². The molecule has 1 N–H and O–H groups in total. The van der Waals surface area contributed by atoms with Crippen LogP contribution in [0.25, 0.3) is 0 Å². The first-order chi connectivity index (χ1) is 11.3. The lowest BCUT2D eigenvalue weighted by Crippen LogP contribution is -2.47. The van der Waals surface area contributed by atoms with Crippen molar-refractivity contribution in [1.82, 2.24) is 15.2 Å². The Morgan fingerprint density at radius 2 is 1.74 bits per heavy atom. The molecule has 23 heavy (non-hydrogen) atoms. The van der Waals surface area contributed by atoms with Crippen molar-refractivity contribution in [1.29, 1.82) is 0 Å². The highest BCUT2D eigenvalue weighted by Gasteiger charge is 2.43. The number of likely N-dealkylation sites (tertiary alicyclic amines) is 1. The van der Waals surface area contributed by atoms with E-state index in [4.69, 9.17) is 0 Å².